The smallest absolute Gasteiger partial charge is 0.287 e. The molecule has 6 heteroatoms. The van der Waals surface area contributed by atoms with Crippen LogP contribution in [0.2, 0.25) is 0 Å². The van der Waals surface area contributed by atoms with Crippen LogP contribution in [0, 0.1) is 5.82 Å². The maximum absolute atomic E-state index is 12.9. The zero-order valence-electron chi connectivity index (χ0n) is 14.9. The third-order valence-electron chi connectivity index (χ3n) is 3.94. The Kier molecular flexibility index (Phi) is 6.22. The Bertz CT molecular complexity index is 889. The van der Waals surface area contributed by atoms with Gasteiger partial charge in [0, 0.05) is 13.7 Å². The lowest BCUT2D eigenvalue weighted by Crippen LogP contribution is -2.23. The third-order valence-corrected chi connectivity index (χ3v) is 3.94. The summed E-state index contributed by atoms with van der Waals surface area (Å²) in [5.41, 5.74) is 2.01. The van der Waals surface area contributed by atoms with Gasteiger partial charge >= 0.3 is 0 Å². The van der Waals surface area contributed by atoms with Gasteiger partial charge in [0.25, 0.3) is 5.91 Å². The van der Waals surface area contributed by atoms with Gasteiger partial charge in [-0.1, -0.05) is 24.3 Å². The number of rotatable bonds is 8. The first-order valence-electron chi connectivity index (χ1n) is 8.46. The Morgan fingerprint density at radius 3 is 2.48 bits per heavy atom. The van der Waals surface area contributed by atoms with E-state index in [0.717, 1.165) is 11.1 Å². The van der Waals surface area contributed by atoms with E-state index in [9.17, 15) is 9.18 Å². The fourth-order valence-electron chi connectivity index (χ4n) is 2.55. The number of carbonyl (C=O) groups is 1. The number of amides is 1. The topological polar surface area (TPSA) is 60.7 Å². The number of furan rings is 1. The Morgan fingerprint density at radius 2 is 1.74 bits per heavy atom. The molecule has 0 fully saturated rings. The molecule has 27 heavy (non-hydrogen) atoms. The third kappa shape index (κ3) is 5.18. The van der Waals surface area contributed by atoms with Crippen molar-refractivity contribution in [2.24, 2.45) is 0 Å². The zero-order chi connectivity index (χ0) is 19.1. The van der Waals surface area contributed by atoms with Gasteiger partial charge in [-0.15, -0.1) is 0 Å². The molecule has 1 aromatic heterocycles. The van der Waals surface area contributed by atoms with E-state index in [1.807, 2.05) is 24.3 Å². The Hall–Kier alpha value is -3.12. The number of benzene rings is 2. The summed E-state index contributed by atoms with van der Waals surface area (Å²) >= 11 is 0. The van der Waals surface area contributed by atoms with Gasteiger partial charge in [0.1, 0.15) is 23.9 Å². The van der Waals surface area contributed by atoms with E-state index in [2.05, 4.69) is 5.32 Å². The van der Waals surface area contributed by atoms with Crippen molar-refractivity contribution in [1.82, 2.24) is 5.32 Å². The normalized spacial score (nSPS) is 10.6. The summed E-state index contributed by atoms with van der Waals surface area (Å²) in [6.45, 7) is 1.01. The molecule has 2 aromatic carbocycles. The summed E-state index contributed by atoms with van der Waals surface area (Å²) in [4.78, 5) is 12.3. The molecule has 0 aliphatic carbocycles. The first kappa shape index (κ1) is 18.7. The summed E-state index contributed by atoms with van der Waals surface area (Å²) < 4.78 is 29.1. The van der Waals surface area contributed by atoms with E-state index in [1.54, 1.807) is 19.2 Å². The summed E-state index contributed by atoms with van der Waals surface area (Å²) in [5.74, 6) is 0.594. The Balaban J connectivity index is 1.54. The SMILES string of the molecule is COCc1ccccc1CNC(=O)c1ccc(COc2ccc(F)cc2)o1. The monoisotopic (exact) mass is 369 g/mol. The van der Waals surface area contributed by atoms with E-state index in [0.29, 0.717) is 24.7 Å². The van der Waals surface area contributed by atoms with Gasteiger partial charge in [0.15, 0.2) is 5.76 Å². The molecule has 1 amide bonds. The first-order valence-corrected chi connectivity index (χ1v) is 8.46. The Morgan fingerprint density at radius 1 is 1.00 bits per heavy atom. The maximum Gasteiger partial charge on any atom is 0.287 e. The highest BCUT2D eigenvalue weighted by Gasteiger charge is 2.12. The molecule has 140 valence electrons. The van der Waals surface area contributed by atoms with Crippen LogP contribution in [0.15, 0.2) is 65.1 Å². The summed E-state index contributed by atoms with van der Waals surface area (Å²) in [6.07, 6.45) is 0. The average Bonchev–Trinajstić information content (AvgIpc) is 3.16. The van der Waals surface area contributed by atoms with Crippen molar-refractivity contribution in [2.75, 3.05) is 7.11 Å². The predicted octanol–water partition coefficient (Wildman–Crippen LogP) is 4.07. The van der Waals surface area contributed by atoms with E-state index in [4.69, 9.17) is 13.9 Å². The van der Waals surface area contributed by atoms with E-state index >= 15 is 0 Å². The molecule has 5 nitrogen and oxygen atoms in total. The second-order valence-corrected chi connectivity index (χ2v) is 5.89. The Labute approximate surface area is 156 Å². The number of methoxy groups -OCH3 is 1. The zero-order valence-corrected chi connectivity index (χ0v) is 14.9. The van der Waals surface area contributed by atoms with Crippen LogP contribution in [-0.4, -0.2) is 13.0 Å². The molecule has 0 unspecified atom stereocenters. The molecule has 0 saturated heterocycles. The minimum Gasteiger partial charge on any atom is -0.486 e. The number of halogens is 1. The standard InChI is InChI=1S/C21H20FNO4/c1-25-13-16-5-3-2-4-15(16)12-23-21(24)20-11-10-19(27-20)14-26-18-8-6-17(22)7-9-18/h2-11H,12-14H2,1H3,(H,23,24). The van der Waals surface area contributed by atoms with Crippen LogP contribution in [0.4, 0.5) is 4.39 Å². The van der Waals surface area contributed by atoms with Crippen molar-refractivity contribution in [3.8, 4) is 5.75 Å². The highest BCUT2D eigenvalue weighted by atomic mass is 19.1. The van der Waals surface area contributed by atoms with Crippen LogP contribution in [0.5, 0.6) is 5.75 Å². The van der Waals surface area contributed by atoms with Gasteiger partial charge in [-0.05, 0) is 47.5 Å². The number of hydrogen-bond acceptors (Lipinski definition) is 4. The van der Waals surface area contributed by atoms with Gasteiger partial charge in [-0.3, -0.25) is 4.79 Å². The van der Waals surface area contributed by atoms with Gasteiger partial charge in [-0.2, -0.15) is 0 Å². The quantitative estimate of drug-likeness (QED) is 0.650. The van der Waals surface area contributed by atoms with E-state index in [1.165, 1.54) is 24.3 Å². The number of nitrogens with one attached hydrogen (secondary N) is 1. The molecule has 3 aromatic rings. The maximum atomic E-state index is 12.9. The lowest BCUT2D eigenvalue weighted by atomic mass is 10.1. The fourth-order valence-corrected chi connectivity index (χ4v) is 2.55. The number of hydrogen-bond donors (Lipinski definition) is 1. The molecule has 0 bridgehead atoms. The van der Waals surface area contributed by atoms with Gasteiger partial charge < -0.3 is 19.2 Å². The largest absolute Gasteiger partial charge is 0.486 e. The molecule has 0 spiro atoms. The molecule has 1 N–H and O–H groups in total. The molecular weight excluding hydrogens is 349 g/mol. The second kappa shape index (κ2) is 9.00. The first-order chi connectivity index (χ1) is 13.2. The van der Waals surface area contributed by atoms with Gasteiger partial charge in [0.05, 0.1) is 6.61 Å². The molecule has 3 rings (SSSR count). The van der Waals surface area contributed by atoms with Crippen molar-refractivity contribution in [3.05, 3.63) is 89.1 Å². The van der Waals surface area contributed by atoms with Crippen LogP contribution in [0.25, 0.3) is 0 Å². The predicted molar refractivity (Wildman–Crippen MR) is 97.8 cm³/mol. The summed E-state index contributed by atoms with van der Waals surface area (Å²) in [7, 11) is 1.63. The molecule has 1 heterocycles. The molecule has 0 saturated carbocycles. The minimum atomic E-state index is -0.327. The number of carbonyl (C=O) groups excluding carboxylic acids is 1. The fraction of sp³-hybridized carbons (Fsp3) is 0.190. The summed E-state index contributed by atoms with van der Waals surface area (Å²) in [6, 6.07) is 16.7. The average molecular weight is 369 g/mol. The summed E-state index contributed by atoms with van der Waals surface area (Å²) in [5, 5.41) is 2.84. The molecule has 0 atom stereocenters. The molecule has 0 radical (unpaired) electrons. The van der Waals surface area contributed by atoms with Crippen LogP contribution < -0.4 is 10.1 Å². The van der Waals surface area contributed by atoms with Gasteiger partial charge in [-0.25, -0.2) is 4.39 Å². The molecule has 0 aliphatic rings. The van der Waals surface area contributed by atoms with Crippen LogP contribution in [-0.2, 0) is 24.5 Å². The number of ether oxygens (including phenoxy) is 2. The van der Waals surface area contributed by atoms with Crippen LogP contribution in [0.3, 0.4) is 0 Å². The molecular formula is C21H20FNO4. The van der Waals surface area contributed by atoms with E-state index in [-0.39, 0.29) is 24.1 Å². The van der Waals surface area contributed by atoms with Crippen molar-refractivity contribution in [3.63, 3.8) is 0 Å². The van der Waals surface area contributed by atoms with Crippen molar-refractivity contribution in [2.45, 2.75) is 19.8 Å². The van der Waals surface area contributed by atoms with Crippen LogP contribution >= 0.6 is 0 Å². The highest BCUT2D eigenvalue weighted by molar-refractivity contribution is 5.91. The van der Waals surface area contributed by atoms with Crippen LogP contribution in [0.1, 0.15) is 27.4 Å². The lowest BCUT2D eigenvalue weighted by Gasteiger charge is -2.09. The second-order valence-electron chi connectivity index (χ2n) is 5.89. The lowest BCUT2D eigenvalue weighted by molar-refractivity contribution is 0.0918. The van der Waals surface area contributed by atoms with Gasteiger partial charge in [0.2, 0.25) is 0 Å². The van der Waals surface area contributed by atoms with Crippen molar-refractivity contribution in [1.29, 1.82) is 0 Å². The van der Waals surface area contributed by atoms with Crippen molar-refractivity contribution >= 4 is 5.91 Å². The minimum absolute atomic E-state index is 0.148. The van der Waals surface area contributed by atoms with E-state index < -0.39 is 0 Å². The molecule has 0 aliphatic heterocycles. The highest BCUT2D eigenvalue weighted by Crippen LogP contribution is 2.15. The van der Waals surface area contributed by atoms with Crippen molar-refractivity contribution < 1.29 is 23.1 Å².